The van der Waals surface area contributed by atoms with Crippen LogP contribution in [0.4, 0.5) is 13.2 Å². The standard InChI is InChI=1S/C17H18ClF3N4O2S/c1-16(2)13-9(14(27)25(16)5-3-22-4-6-26)7-11(28-13)12-10(17(19,20)21)8-23-15(18)24-12/h7-8,22,26H,3-6H2,1-2H3. The number of nitrogens with one attached hydrogen (secondary N) is 1. The van der Waals surface area contributed by atoms with Crippen molar-refractivity contribution in [3.05, 3.63) is 33.6 Å². The van der Waals surface area contributed by atoms with Crippen LogP contribution in [0.2, 0.25) is 5.28 Å². The fourth-order valence-corrected chi connectivity index (χ4v) is 4.57. The Morgan fingerprint density at radius 2 is 2.07 bits per heavy atom. The van der Waals surface area contributed by atoms with Crippen LogP contribution in [0.25, 0.3) is 10.6 Å². The van der Waals surface area contributed by atoms with Crippen molar-refractivity contribution in [2.24, 2.45) is 0 Å². The van der Waals surface area contributed by atoms with Gasteiger partial charge in [0.15, 0.2) is 0 Å². The van der Waals surface area contributed by atoms with Crippen LogP contribution in [0.15, 0.2) is 12.3 Å². The summed E-state index contributed by atoms with van der Waals surface area (Å²) < 4.78 is 40.0. The van der Waals surface area contributed by atoms with E-state index >= 15 is 0 Å². The molecule has 2 aromatic rings. The molecule has 0 spiro atoms. The number of alkyl halides is 3. The molecule has 1 amide bonds. The number of amides is 1. The largest absolute Gasteiger partial charge is 0.420 e. The molecule has 0 atom stereocenters. The van der Waals surface area contributed by atoms with Crippen LogP contribution in [0, 0.1) is 0 Å². The van der Waals surface area contributed by atoms with E-state index in [0.717, 1.165) is 11.3 Å². The first-order valence-electron chi connectivity index (χ1n) is 8.45. The highest BCUT2D eigenvalue weighted by molar-refractivity contribution is 7.16. The maximum absolute atomic E-state index is 13.3. The second kappa shape index (κ2) is 7.58. The average Bonchev–Trinajstić information content (AvgIpc) is 3.12. The van der Waals surface area contributed by atoms with Crippen molar-refractivity contribution in [2.75, 3.05) is 26.2 Å². The fraction of sp³-hybridized carbons (Fsp3) is 0.471. The van der Waals surface area contributed by atoms with Gasteiger partial charge in [0.05, 0.1) is 28.3 Å². The first kappa shape index (κ1) is 21.0. The lowest BCUT2D eigenvalue weighted by atomic mass is 10.0. The number of carbonyl (C=O) groups excluding carboxylic acids is 1. The number of aliphatic hydroxyl groups excluding tert-OH is 1. The minimum absolute atomic E-state index is 0.00291. The van der Waals surface area contributed by atoms with Crippen molar-refractivity contribution in [1.29, 1.82) is 0 Å². The minimum Gasteiger partial charge on any atom is -0.395 e. The van der Waals surface area contributed by atoms with E-state index in [9.17, 15) is 18.0 Å². The lowest BCUT2D eigenvalue weighted by Crippen LogP contribution is -2.43. The monoisotopic (exact) mass is 434 g/mol. The van der Waals surface area contributed by atoms with Gasteiger partial charge in [-0.25, -0.2) is 9.97 Å². The van der Waals surface area contributed by atoms with Crippen LogP contribution in [0.1, 0.15) is 34.6 Å². The third-order valence-electron chi connectivity index (χ3n) is 4.54. The molecule has 0 radical (unpaired) electrons. The van der Waals surface area contributed by atoms with Crippen molar-refractivity contribution in [1.82, 2.24) is 20.2 Å². The highest BCUT2D eigenvalue weighted by atomic mass is 35.5. The minimum atomic E-state index is -4.64. The molecule has 0 saturated carbocycles. The molecule has 28 heavy (non-hydrogen) atoms. The first-order chi connectivity index (χ1) is 13.1. The van der Waals surface area contributed by atoms with E-state index in [1.165, 1.54) is 6.07 Å². The topological polar surface area (TPSA) is 78.4 Å². The van der Waals surface area contributed by atoms with Gasteiger partial charge in [0.2, 0.25) is 5.28 Å². The number of thiophene rings is 1. The molecular weight excluding hydrogens is 417 g/mol. The van der Waals surface area contributed by atoms with E-state index in [1.807, 2.05) is 13.8 Å². The van der Waals surface area contributed by atoms with Crippen molar-refractivity contribution in [3.63, 3.8) is 0 Å². The Balaban J connectivity index is 1.96. The lowest BCUT2D eigenvalue weighted by Gasteiger charge is -2.32. The Morgan fingerprint density at radius 3 is 2.68 bits per heavy atom. The Morgan fingerprint density at radius 1 is 1.36 bits per heavy atom. The smallest absolute Gasteiger partial charge is 0.395 e. The van der Waals surface area contributed by atoms with Crippen molar-refractivity contribution < 1.29 is 23.1 Å². The molecule has 0 aliphatic carbocycles. The maximum Gasteiger partial charge on any atom is 0.420 e. The Labute approximate surface area is 168 Å². The highest BCUT2D eigenvalue weighted by Crippen LogP contribution is 2.47. The molecule has 3 rings (SSSR count). The number of halogens is 4. The van der Waals surface area contributed by atoms with Gasteiger partial charge >= 0.3 is 6.18 Å². The third kappa shape index (κ3) is 3.73. The molecule has 0 saturated heterocycles. The van der Waals surface area contributed by atoms with Crippen molar-refractivity contribution in [3.8, 4) is 10.6 Å². The number of aliphatic hydroxyl groups is 1. The van der Waals surface area contributed by atoms with Gasteiger partial charge < -0.3 is 15.3 Å². The zero-order valence-electron chi connectivity index (χ0n) is 15.1. The summed E-state index contributed by atoms with van der Waals surface area (Å²) in [5.74, 6) is -0.248. The normalized spacial score (nSPS) is 16.0. The summed E-state index contributed by atoms with van der Waals surface area (Å²) >= 11 is 6.82. The summed E-state index contributed by atoms with van der Waals surface area (Å²) in [6.45, 7) is 5.02. The zero-order valence-corrected chi connectivity index (χ0v) is 16.7. The summed E-state index contributed by atoms with van der Waals surface area (Å²) in [6, 6.07) is 1.44. The Kier molecular flexibility index (Phi) is 5.68. The van der Waals surface area contributed by atoms with Gasteiger partial charge in [0, 0.05) is 30.7 Å². The van der Waals surface area contributed by atoms with E-state index in [-0.39, 0.29) is 28.4 Å². The molecule has 0 bridgehead atoms. The van der Waals surface area contributed by atoms with Crippen LogP contribution in [0.5, 0.6) is 0 Å². The van der Waals surface area contributed by atoms with Crippen LogP contribution in [-0.2, 0) is 11.7 Å². The second-order valence-corrected chi connectivity index (χ2v) is 8.13. The number of hydrogen-bond acceptors (Lipinski definition) is 6. The number of rotatable bonds is 6. The van der Waals surface area contributed by atoms with Crippen LogP contribution in [0.3, 0.4) is 0 Å². The molecule has 0 fully saturated rings. The van der Waals surface area contributed by atoms with E-state index in [1.54, 1.807) is 4.90 Å². The molecule has 2 aromatic heterocycles. The average molecular weight is 435 g/mol. The van der Waals surface area contributed by atoms with Gasteiger partial charge in [-0.15, -0.1) is 11.3 Å². The van der Waals surface area contributed by atoms with Gasteiger partial charge in [-0.1, -0.05) is 0 Å². The molecule has 1 aliphatic heterocycles. The zero-order chi connectivity index (χ0) is 20.7. The predicted octanol–water partition coefficient (Wildman–Crippen LogP) is 3.15. The fourth-order valence-electron chi connectivity index (χ4n) is 3.17. The molecule has 1 aliphatic rings. The SMILES string of the molecule is CC1(C)c2sc(-c3nc(Cl)ncc3C(F)(F)F)cc2C(=O)N1CCNCCO. The van der Waals surface area contributed by atoms with Gasteiger partial charge in [-0.2, -0.15) is 13.2 Å². The van der Waals surface area contributed by atoms with Gasteiger partial charge in [0.25, 0.3) is 5.91 Å². The van der Waals surface area contributed by atoms with E-state index in [0.29, 0.717) is 36.3 Å². The number of fused-ring (bicyclic) bond motifs is 1. The van der Waals surface area contributed by atoms with Gasteiger partial charge in [-0.3, -0.25) is 4.79 Å². The maximum atomic E-state index is 13.3. The molecule has 2 N–H and O–H groups in total. The van der Waals surface area contributed by atoms with Crippen LogP contribution >= 0.6 is 22.9 Å². The Bertz CT molecular complexity index is 901. The Hall–Kier alpha value is -1.75. The van der Waals surface area contributed by atoms with Crippen LogP contribution in [-0.4, -0.2) is 52.1 Å². The summed E-state index contributed by atoms with van der Waals surface area (Å²) in [6.07, 6.45) is -3.99. The summed E-state index contributed by atoms with van der Waals surface area (Å²) in [5, 5.41) is 11.5. The van der Waals surface area contributed by atoms with E-state index in [4.69, 9.17) is 16.7 Å². The van der Waals surface area contributed by atoms with Gasteiger partial charge in [-0.05, 0) is 31.5 Å². The van der Waals surface area contributed by atoms with Crippen molar-refractivity contribution >= 4 is 28.8 Å². The number of nitrogens with zero attached hydrogens (tertiary/aromatic N) is 3. The molecule has 11 heteroatoms. The summed E-state index contributed by atoms with van der Waals surface area (Å²) in [5.41, 5.74) is -1.63. The molecule has 0 aromatic carbocycles. The van der Waals surface area contributed by atoms with Gasteiger partial charge in [0.1, 0.15) is 5.56 Å². The summed E-state index contributed by atoms with van der Waals surface area (Å²) in [4.78, 5) is 22.6. The molecular formula is C17H18ClF3N4O2S. The molecule has 152 valence electrons. The quantitative estimate of drug-likeness (QED) is 0.539. The highest BCUT2D eigenvalue weighted by Gasteiger charge is 2.45. The predicted molar refractivity (Wildman–Crippen MR) is 99.4 cm³/mol. The number of aromatic nitrogens is 2. The van der Waals surface area contributed by atoms with Crippen molar-refractivity contribution in [2.45, 2.75) is 25.6 Å². The lowest BCUT2D eigenvalue weighted by molar-refractivity contribution is -0.137. The summed E-state index contributed by atoms with van der Waals surface area (Å²) in [7, 11) is 0. The third-order valence-corrected chi connectivity index (χ3v) is 6.17. The number of carbonyl (C=O) groups is 1. The number of hydrogen-bond donors (Lipinski definition) is 2. The second-order valence-electron chi connectivity index (χ2n) is 6.74. The molecule has 6 nitrogen and oxygen atoms in total. The molecule has 0 unspecified atom stereocenters. The van der Waals surface area contributed by atoms with Crippen LogP contribution < -0.4 is 5.32 Å². The first-order valence-corrected chi connectivity index (χ1v) is 9.64. The van der Waals surface area contributed by atoms with E-state index in [2.05, 4.69) is 15.3 Å². The van der Waals surface area contributed by atoms with E-state index < -0.39 is 17.3 Å². The molecule has 3 heterocycles.